The van der Waals surface area contributed by atoms with Gasteiger partial charge < -0.3 is 5.32 Å². The summed E-state index contributed by atoms with van der Waals surface area (Å²) < 4.78 is 1.98. The van der Waals surface area contributed by atoms with Gasteiger partial charge in [-0.2, -0.15) is 5.10 Å². The molecule has 0 fully saturated rings. The molecule has 0 bridgehead atoms. The molecule has 0 aliphatic carbocycles. The van der Waals surface area contributed by atoms with Gasteiger partial charge in [-0.15, -0.1) is 0 Å². The van der Waals surface area contributed by atoms with Crippen LogP contribution in [0, 0.1) is 13.8 Å². The minimum absolute atomic E-state index is 0.909. The Morgan fingerprint density at radius 3 is 2.78 bits per heavy atom. The lowest BCUT2D eigenvalue weighted by Crippen LogP contribution is -2.36. The van der Waals surface area contributed by atoms with Crippen LogP contribution in [-0.2, 0) is 6.42 Å². The highest BCUT2D eigenvalue weighted by Crippen LogP contribution is 2.16. The first kappa shape index (κ1) is 13.1. The Morgan fingerprint density at radius 2 is 2.11 bits per heavy atom. The molecule has 2 heterocycles. The van der Waals surface area contributed by atoms with Crippen molar-refractivity contribution in [1.29, 1.82) is 0 Å². The van der Waals surface area contributed by atoms with Gasteiger partial charge in [0.05, 0.1) is 5.69 Å². The van der Waals surface area contributed by atoms with Crippen LogP contribution in [-0.4, -0.2) is 28.8 Å². The second-order valence-electron chi connectivity index (χ2n) is 5.00. The van der Waals surface area contributed by atoms with Gasteiger partial charge in [-0.3, -0.25) is 4.99 Å². The number of hydrogen-bond acceptors (Lipinski definition) is 3. The van der Waals surface area contributed by atoms with E-state index < -0.39 is 0 Å². The van der Waals surface area contributed by atoms with E-state index in [1.165, 1.54) is 30.5 Å². The standard InChI is InChI=1S/C14H24N4/c1-4-5-6-8-13-11(2)17-18(12(13)3)14-15-9-7-10-16-14/h4-10H2,1-3H3,(H,15,16). The zero-order chi connectivity index (χ0) is 13.0. The number of hydrogen-bond donors (Lipinski definition) is 1. The SMILES string of the molecule is CCCCCc1c(C)nn(C2=NCCCN2)c1C. The smallest absolute Gasteiger partial charge is 0.219 e. The van der Waals surface area contributed by atoms with Crippen LogP contribution in [0.4, 0.5) is 0 Å². The van der Waals surface area contributed by atoms with Gasteiger partial charge in [-0.1, -0.05) is 19.8 Å². The Hall–Kier alpha value is -1.32. The average molecular weight is 248 g/mol. The van der Waals surface area contributed by atoms with Crippen LogP contribution in [0.5, 0.6) is 0 Å². The van der Waals surface area contributed by atoms with Crippen LogP contribution in [0.25, 0.3) is 0 Å². The summed E-state index contributed by atoms with van der Waals surface area (Å²) in [7, 11) is 0. The van der Waals surface area contributed by atoms with Gasteiger partial charge >= 0.3 is 0 Å². The summed E-state index contributed by atoms with van der Waals surface area (Å²) >= 11 is 0. The molecule has 0 unspecified atom stereocenters. The summed E-state index contributed by atoms with van der Waals surface area (Å²) in [6, 6.07) is 0. The molecular formula is C14H24N4. The van der Waals surface area contributed by atoms with E-state index >= 15 is 0 Å². The van der Waals surface area contributed by atoms with Crippen LogP contribution < -0.4 is 5.32 Å². The zero-order valence-corrected chi connectivity index (χ0v) is 11.8. The average Bonchev–Trinajstić information content (AvgIpc) is 2.68. The minimum Gasteiger partial charge on any atom is -0.354 e. The normalized spacial score (nSPS) is 15.4. The van der Waals surface area contributed by atoms with Gasteiger partial charge in [0.1, 0.15) is 0 Å². The minimum atomic E-state index is 0.909. The molecule has 0 saturated heterocycles. The van der Waals surface area contributed by atoms with E-state index in [4.69, 9.17) is 0 Å². The maximum atomic E-state index is 4.64. The predicted octanol–water partition coefficient (Wildman–Crippen LogP) is 2.43. The van der Waals surface area contributed by atoms with Crippen molar-refractivity contribution in [3.63, 3.8) is 0 Å². The molecule has 1 aromatic rings. The zero-order valence-electron chi connectivity index (χ0n) is 11.8. The molecule has 0 spiro atoms. The van der Waals surface area contributed by atoms with E-state index in [0.29, 0.717) is 0 Å². The van der Waals surface area contributed by atoms with Crippen LogP contribution in [0.3, 0.4) is 0 Å². The Labute approximate surface area is 109 Å². The number of unbranched alkanes of at least 4 members (excludes halogenated alkanes) is 2. The quantitative estimate of drug-likeness (QED) is 0.832. The van der Waals surface area contributed by atoms with Crippen LogP contribution in [0.2, 0.25) is 0 Å². The lowest BCUT2D eigenvalue weighted by atomic mass is 10.1. The summed E-state index contributed by atoms with van der Waals surface area (Å²) in [6.07, 6.45) is 6.07. The topological polar surface area (TPSA) is 42.2 Å². The molecule has 1 aliphatic heterocycles. The molecule has 1 aromatic heterocycles. The summed E-state index contributed by atoms with van der Waals surface area (Å²) in [5.74, 6) is 0.920. The third-order valence-electron chi connectivity index (χ3n) is 3.55. The largest absolute Gasteiger partial charge is 0.354 e. The predicted molar refractivity (Wildman–Crippen MR) is 75.2 cm³/mol. The molecule has 1 N–H and O–H groups in total. The molecule has 4 nitrogen and oxygen atoms in total. The maximum absolute atomic E-state index is 4.64. The molecule has 18 heavy (non-hydrogen) atoms. The number of rotatable bonds is 4. The lowest BCUT2D eigenvalue weighted by molar-refractivity contribution is 0.691. The molecule has 0 amide bonds. The molecule has 100 valence electrons. The van der Waals surface area contributed by atoms with Crippen molar-refractivity contribution in [2.75, 3.05) is 13.1 Å². The first-order valence-corrected chi connectivity index (χ1v) is 7.07. The summed E-state index contributed by atoms with van der Waals surface area (Å²) in [5.41, 5.74) is 3.80. The van der Waals surface area contributed by atoms with Crippen molar-refractivity contribution < 1.29 is 0 Å². The number of aryl methyl sites for hydroxylation is 1. The molecule has 0 aromatic carbocycles. The molecular weight excluding hydrogens is 224 g/mol. The fourth-order valence-electron chi connectivity index (χ4n) is 2.46. The van der Waals surface area contributed by atoms with E-state index in [1.807, 2.05) is 4.68 Å². The van der Waals surface area contributed by atoms with Crippen molar-refractivity contribution in [3.8, 4) is 0 Å². The highest BCUT2D eigenvalue weighted by molar-refractivity contribution is 5.82. The van der Waals surface area contributed by atoms with Crippen molar-refractivity contribution in [3.05, 3.63) is 17.0 Å². The number of aliphatic imine (C=N–C) groups is 1. The second-order valence-corrected chi connectivity index (χ2v) is 5.00. The molecule has 0 atom stereocenters. The molecule has 1 aliphatic rings. The van der Waals surface area contributed by atoms with Crippen LogP contribution in [0.1, 0.15) is 49.6 Å². The summed E-state index contributed by atoms with van der Waals surface area (Å²) in [6.45, 7) is 8.41. The van der Waals surface area contributed by atoms with E-state index in [9.17, 15) is 0 Å². The first-order valence-electron chi connectivity index (χ1n) is 7.07. The van der Waals surface area contributed by atoms with E-state index in [1.54, 1.807) is 0 Å². The van der Waals surface area contributed by atoms with E-state index in [-0.39, 0.29) is 0 Å². The third-order valence-corrected chi connectivity index (χ3v) is 3.55. The van der Waals surface area contributed by atoms with Crippen molar-refractivity contribution in [2.24, 2.45) is 4.99 Å². The second kappa shape index (κ2) is 6.03. The van der Waals surface area contributed by atoms with Crippen LogP contribution >= 0.6 is 0 Å². The van der Waals surface area contributed by atoms with Gasteiger partial charge in [0.25, 0.3) is 0 Å². The van der Waals surface area contributed by atoms with E-state index in [2.05, 4.69) is 36.2 Å². The molecule has 4 heteroatoms. The van der Waals surface area contributed by atoms with E-state index in [0.717, 1.165) is 37.6 Å². The number of aromatic nitrogens is 2. The number of nitrogens with one attached hydrogen (secondary N) is 1. The lowest BCUT2D eigenvalue weighted by Gasteiger charge is -2.15. The Bertz CT molecular complexity index is 431. The Balaban J connectivity index is 2.17. The summed E-state index contributed by atoms with van der Waals surface area (Å²) in [5, 5.41) is 7.97. The maximum Gasteiger partial charge on any atom is 0.219 e. The Kier molecular flexibility index (Phi) is 4.39. The van der Waals surface area contributed by atoms with Gasteiger partial charge in [-0.05, 0) is 38.7 Å². The van der Waals surface area contributed by atoms with Gasteiger partial charge in [0.2, 0.25) is 5.96 Å². The van der Waals surface area contributed by atoms with Crippen molar-refractivity contribution in [1.82, 2.24) is 15.1 Å². The molecule has 0 radical (unpaired) electrons. The molecule has 2 rings (SSSR count). The summed E-state index contributed by atoms with van der Waals surface area (Å²) in [4.78, 5) is 4.52. The number of nitrogens with zero attached hydrogens (tertiary/aromatic N) is 3. The first-order chi connectivity index (χ1) is 8.74. The Morgan fingerprint density at radius 1 is 1.28 bits per heavy atom. The van der Waals surface area contributed by atoms with Gasteiger partial charge in [0, 0.05) is 18.8 Å². The van der Waals surface area contributed by atoms with Crippen LogP contribution in [0.15, 0.2) is 4.99 Å². The third kappa shape index (κ3) is 2.74. The highest BCUT2D eigenvalue weighted by Gasteiger charge is 2.15. The molecule has 0 saturated carbocycles. The monoisotopic (exact) mass is 248 g/mol. The highest BCUT2D eigenvalue weighted by atomic mass is 15.4. The van der Waals surface area contributed by atoms with Gasteiger partial charge in [-0.25, -0.2) is 4.68 Å². The van der Waals surface area contributed by atoms with Crippen molar-refractivity contribution in [2.45, 2.75) is 52.9 Å². The fraction of sp³-hybridized carbons (Fsp3) is 0.714. The van der Waals surface area contributed by atoms with Crippen molar-refractivity contribution >= 4 is 5.96 Å². The van der Waals surface area contributed by atoms with Gasteiger partial charge in [0.15, 0.2) is 0 Å². The fourth-order valence-corrected chi connectivity index (χ4v) is 2.46.